The summed E-state index contributed by atoms with van der Waals surface area (Å²) in [6.07, 6.45) is 3.87. The van der Waals surface area contributed by atoms with Crippen molar-refractivity contribution >= 4 is 49.3 Å². The molecule has 0 spiro atoms. The minimum Gasteiger partial charge on any atom is -0.309 e. The molecule has 4 aromatic heterocycles. The summed E-state index contributed by atoms with van der Waals surface area (Å²) >= 11 is 0. The maximum atomic E-state index is 7.91. The van der Waals surface area contributed by atoms with E-state index in [-0.39, 0.29) is 21.7 Å². The Labute approximate surface area is 441 Å². The summed E-state index contributed by atoms with van der Waals surface area (Å²) in [5, 5.41) is 4.47. The summed E-state index contributed by atoms with van der Waals surface area (Å²) in [6, 6.07) is 52.5. The van der Waals surface area contributed by atoms with Crippen LogP contribution in [-0.4, -0.2) is 29.1 Å². The maximum Gasteiger partial charge on any atom is 0.188 e. The van der Waals surface area contributed by atoms with Gasteiger partial charge in [-0.05, 0) is 141 Å². The molecule has 0 aliphatic rings. The number of rotatable bonds is 6. The van der Waals surface area contributed by atoms with Crippen LogP contribution < -0.4 is 0 Å². The van der Waals surface area contributed by atoms with Crippen LogP contribution >= 0.6 is 0 Å². The number of aromatic nitrogens is 6. The number of fused-ring (bicyclic) bond motifs is 6. The largest absolute Gasteiger partial charge is 0.309 e. The molecule has 0 saturated heterocycles. The number of nitrogens with zero attached hydrogens (tertiary/aromatic N) is 7. The fraction of sp³-hybridized carbons (Fsp3) is 0.250. The number of pyridine rings is 1. The number of hydrogen-bond donors (Lipinski definition) is 0. The smallest absolute Gasteiger partial charge is 0.188 e. The van der Waals surface area contributed by atoms with E-state index in [0.717, 1.165) is 72.0 Å². The molecule has 7 heteroatoms. The van der Waals surface area contributed by atoms with Crippen molar-refractivity contribution in [3.05, 3.63) is 197 Å². The van der Waals surface area contributed by atoms with E-state index in [2.05, 4.69) is 237 Å². The molecule has 11 rings (SSSR count). The fourth-order valence-corrected chi connectivity index (χ4v) is 10.5. The SMILES string of the molecule is [C-]#[N+]c1ccc2c(c1)c1ccccc1n2-c1ccncc1-c1cc(-c2nc(-c3cc(C(C)(C)C)cc(C(C)(C)C)c3)nc(-c3cc(C(C)(C)C)cc(C(C)(C)C)c3)n2)ccc1-n1c2ccccc2c2cc(C)ccc21. The van der Waals surface area contributed by atoms with Crippen LogP contribution in [0, 0.1) is 13.5 Å². The second kappa shape index (κ2) is 17.7. The van der Waals surface area contributed by atoms with Crippen molar-refractivity contribution < 1.29 is 0 Å². The molecule has 0 saturated carbocycles. The Balaban J connectivity index is 1.24. The fourth-order valence-electron chi connectivity index (χ4n) is 10.5. The summed E-state index contributed by atoms with van der Waals surface area (Å²) < 4.78 is 4.72. The first-order valence-electron chi connectivity index (χ1n) is 26.1. The van der Waals surface area contributed by atoms with E-state index in [9.17, 15) is 0 Å². The third kappa shape index (κ3) is 8.86. The second-order valence-corrected chi connectivity index (χ2v) is 24.6. The molecule has 372 valence electrons. The van der Waals surface area contributed by atoms with Crippen LogP contribution in [0.5, 0.6) is 0 Å². The van der Waals surface area contributed by atoms with Crippen molar-refractivity contribution in [3.8, 4) is 56.7 Å². The number of benzene rings is 7. The van der Waals surface area contributed by atoms with Crippen molar-refractivity contribution in [2.45, 2.75) is 112 Å². The summed E-state index contributed by atoms with van der Waals surface area (Å²) in [6.45, 7) is 37.3. The minimum absolute atomic E-state index is 0.120. The summed E-state index contributed by atoms with van der Waals surface area (Å²) in [4.78, 5) is 25.2. The highest BCUT2D eigenvalue weighted by Crippen LogP contribution is 2.44. The van der Waals surface area contributed by atoms with Crippen LogP contribution in [0.15, 0.2) is 158 Å². The Morgan fingerprint density at radius 1 is 0.400 bits per heavy atom. The molecule has 0 amide bonds. The van der Waals surface area contributed by atoms with Gasteiger partial charge in [0.1, 0.15) is 0 Å². The van der Waals surface area contributed by atoms with E-state index in [1.165, 1.54) is 38.6 Å². The van der Waals surface area contributed by atoms with Gasteiger partial charge in [-0.25, -0.2) is 19.8 Å². The Morgan fingerprint density at radius 3 is 1.33 bits per heavy atom. The van der Waals surface area contributed by atoms with Crippen molar-refractivity contribution in [1.29, 1.82) is 0 Å². The molecule has 0 aliphatic heterocycles. The Morgan fingerprint density at radius 2 is 0.840 bits per heavy atom. The molecular formula is C68H65N7. The van der Waals surface area contributed by atoms with Gasteiger partial charge in [-0.2, -0.15) is 0 Å². The molecule has 0 aliphatic carbocycles. The lowest BCUT2D eigenvalue weighted by Gasteiger charge is -2.26. The topological polar surface area (TPSA) is 65.8 Å². The molecular weight excluding hydrogens is 915 g/mol. The van der Waals surface area contributed by atoms with Gasteiger partial charge in [0.25, 0.3) is 0 Å². The van der Waals surface area contributed by atoms with E-state index < -0.39 is 0 Å². The summed E-state index contributed by atoms with van der Waals surface area (Å²) in [7, 11) is 0. The average Bonchev–Trinajstić information content (AvgIpc) is 3.91. The van der Waals surface area contributed by atoms with Crippen molar-refractivity contribution in [1.82, 2.24) is 29.1 Å². The standard InChI is InChI=1S/C68H65N7/c1-41-23-26-58-52(31-41)50-19-15-17-21-56(50)74(58)59-27-24-42(36-53(59)55-40-70-30-29-61(55)75-57-22-18-16-20-51(57)54-39-49(69-14)25-28-60(54)75)62-71-63(43-32-45(65(2,3)4)37-46(33-43)66(5,6)7)73-64(72-62)44-34-47(67(8,9)10)38-48(35-44)68(11,12)13/h15-40H,1-13H3. The zero-order valence-corrected chi connectivity index (χ0v) is 45.6. The van der Waals surface area contributed by atoms with E-state index in [4.69, 9.17) is 26.5 Å². The van der Waals surface area contributed by atoms with Gasteiger partial charge in [0.2, 0.25) is 0 Å². The van der Waals surface area contributed by atoms with Gasteiger partial charge in [-0.3, -0.25) is 4.98 Å². The molecule has 4 heterocycles. The lowest BCUT2D eigenvalue weighted by atomic mass is 9.79. The van der Waals surface area contributed by atoms with Crippen molar-refractivity contribution in [2.24, 2.45) is 0 Å². The highest BCUT2D eigenvalue weighted by molar-refractivity contribution is 6.12. The van der Waals surface area contributed by atoms with Gasteiger partial charge in [0.05, 0.1) is 40.0 Å². The Kier molecular flexibility index (Phi) is 11.6. The molecule has 0 fully saturated rings. The van der Waals surface area contributed by atoms with Gasteiger partial charge in [-0.1, -0.05) is 149 Å². The van der Waals surface area contributed by atoms with Crippen LogP contribution in [0.1, 0.15) is 111 Å². The predicted molar refractivity (Wildman–Crippen MR) is 314 cm³/mol. The molecule has 0 unspecified atom stereocenters. The first-order valence-corrected chi connectivity index (χ1v) is 26.1. The monoisotopic (exact) mass is 980 g/mol. The van der Waals surface area contributed by atoms with Crippen LogP contribution in [0.25, 0.3) is 105 Å². The number of hydrogen-bond acceptors (Lipinski definition) is 4. The van der Waals surface area contributed by atoms with E-state index in [0.29, 0.717) is 23.2 Å². The molecule has 0 atom stereocenters. The first-order chi connectivity index (χ1) is 35.5. The average molecular weight is 980 g/mol. The second-order valence-electron chi connectivity index (χ2n) is 24.6. The lowest BCUT2D eigenvalue weighted by Crippen LogP contribution is -2.17. The van der Waals surface area contributed by atoms with Crippen LogP contribution in [0.4, 0.5) is 5.69 Å². The highest BCUT2D eigenvalue weighted by atomic mass is 15.0. The van der Waals surface area contributed by atoms with Gasteiger partial charge in [-0.15, -0.1) is 0 Å². The minimum atomic E-state index is -0.120. The predicted octanol–water partition coefficient (Wildman–Crippen LogP) is 18.2. The van der Waals surface area contributed by atoms with E-state index in [1.807, 2.05) is 24.5 Å². The zero-order valence-electron chi connectivity index (χ0n) is 45.6. The van der Waals surface area contributed by atoms with Crippen molar-refractivity contribution in [3.63, 3.8) is 0 Å². The van der Waals surface area contributed by atoms with Gasteiger partial charge < -0.3 is 9.13 Å². The molecule has 7 aromatic carbocycles. The van der Waals surface area contributed by atoms with E-state index >= 15 is 0 Å². The molecule has 11 aromatic rings. The van der Waals surface area contributed by atoms with Gasteiger partial charge in [0.15, 0.2) is 23.2 Å². The van der Waals surface area contributed by atoms with E-state index in [1.54, 1.807) is 0 Å². The Hall–Kier alpha value is -8.21. The Bertz CT molecular complexity index is 3970. The van der Waals surface area contributed by atoms with Crippen LogP contribution in [0.3, 0.4) is 0 Å². The normalized spacial score (nSPS) is 12.6. The highest BCUT2D eigenvalue weighted by Gasteiger charge is 2.27. The lowest BCUT2D eigenvalue weighted by molar-refractivity contribution is 0.568. The summed E-state index contributed by atoms with van der Waals surface area (Å²) in [5.41, 5.74) is 17.1. The molecule has 75 heavy (non-hydrogen) atoms. The maximum absolute atomic E-state index is 7.91. The summed E-state index contributed by atoms with van der Waals surface area (Å²) in [5.74, 6) is 1.82. The molecule has 0 N–H and O–H groups in total. The van der Waals surface area contributed by atoms with Crippen molar-refractivity contribution in [2.75, 3.05) is 0 Å². The van der Waals surface area contributed by atoms with Crippen LogP contribution in [0.2, 0.25) is 0 Å². The third-order valence-corrected chi connectivity index (χ3v) is 14.9. The quantitative estimate of drug-likeness (QED) is 0.156. The molecule has 0 bridgehead atoms. The number of para-hydroxylation sites is 2. The molecule has 0 radical (unpaired) electrons. The van der Waals surface area contributed by atoms with Gasteiger partial charge >= 0.3 is 0 Å². The van der Waals surface area contributed by atoms with Crippen LogP contribution in [-0.2, 0) is 21.7 Å². The first kappa shape index (κ1) is 49.0. The van der Waals surface area contributed by atoms with Gasteiger partial charge in [0, 0.05) is 56.4 Å². The zero-order chi connectivity index (χ0) is 52.9. The molecule has 7 nitrogen and oxygen atoms in total. The third-order valence-electron chi connectivity index (χ3n) is 14.9. The number of aryl methyl sites for hydroxylation is 1.